The lowest BCUT2D eigenvalue weighted by Gasteiger charge is -2.04. The van der Waals surface area contributed by atoms with Crippen molar-refractivity contribution >= 4 is 23.0 Å². The van der Waals surface area contributed by atoms with E-state index in [0.29, 0.717) is 12.1 Å². The number of halogens is 2. The number of imidazole rings is 1. The molecule has 0 saturated carbocycles. The standard InChI is InChI=1S/C20H20F2N4O2/c1-2-3-5-10-23-20(28)18-25-17(16-7-4-6-11-26(16)18)19(27)24-13-8-9-14(21)15(22)12-13/h4,6-9,11-12H,2-3,5,10H2,1H3,(H,23,28)(H,24,27). The van der Waals surface area contributed by atoms with Gasteiger partial charge in [0.05, 0.1) is 5.52 Å². The van der Waals surface area contributed by atoms with E-state index in [2.05, 4.69) is 22.5 Å². The van der Waals surface area contributed by atoms with Crippen molar-refractivity contribution in [1.82, 2.24) is 14.7 Å². The molecule has 0 saturated heterocycles. The molecule has 2 amide bonds. The third-order valence-electron chi connectivity index (χ3n) is 4.21. The largest absolute Gasteiger partial charge is 0.349 e. The van der Waals surface area contributed by atoms with E-state index in [1.54, 1.807) is 24.4 Å². The lowest BCUT2D eigenvalue weighted by molar-refractivity contribution is 0.0942. The number of pyridine rings is 1. The Morgan fingerprint density at radius 2 is 1.89 bits per heavy atom. The maximum atomic E-state index is 13.4. The number of carbonyl (C=O) groups excluding carboxylic acids is 2. The number of aromatic nitrogens is 2. The Labute approximate surface area is 160 Å². The van der Waals surface area contributed by atoms with Crippen molar-refractivity contribution in [3.8, 4) is 0 Å². The minimum atomic E-state index is -1.07. The molecule has 3 aromatic rings. The van der Waals surface area contributed by atoms with Crippen molar-refractivity contribution in [2.75, 3.05) is 11.9 Å². The number of rotatable bonds is 7. The van der Waals surface area contributed by atoms with Crippen LogP contribution in [-0.4, -0.2) is 27.7 Å². The van der Waals surface area contributed by atoms with E-state index < -0.39 is 17.5 Å². The molecule has 0 aliphatic rings. The zero-order chi connectivity index (χ0) is 20.1. The first-order valence-corrected chi connectivity index (χ1v) is 9.03. The number of carbonyl (C=O) groups is 2. The first-order chi connectivity index (χ1) is 13.5. The fourth-order valence-corrected chi connectivity index (χ4v) is 2.79. The number of hydrogen-bond donors (Lipinski definition) is 2. The molecule has 0 bridgehead atoms. The highest BCUT2D eigenvalue weighted by Crippen LogP contribution is 2.17. The van der Waals surface area contributed by atoms with Crippen LogP contribution in [0.5, 0.6) is 0 Å². The molecule has 0 spiro atoms. The summed E-state index contributed by atoms with van der Waals surface area (Å²) in [6.45, 7) is 2.59. The topological polar surface area (TPSA) is 75.5 Å². The van der Waals surface area contributed by atoms with Gasteiger partial charge in [-0.2, -0.15) is 0 Å². The first-order valence-electron chi connectivity index (χ1n) is 9.03. The van der Waals surface area contributed by atoms with Gasteiger partial charge in [-0.15, -0.1) is 0 Å². The Kier molecular flexibility index (Phi) is 5.98. The molecule has 3 rings (SSSR count). The van der Waals surface area contributed by atoms with Crippen molar-refractivity contribution in [1.29, 1.82) is 0 Å². The molecule has 0 fully saturated rings. The smallest absolute Gasteiger partial charge is 0.287 e. The molecule has 0 aliphatic heterocycles. The van der Waals surface area contributed by atoms with Crippen LogP contribution in [0.25, 0.3) is 5.52 Å². The maximum Gasteiger partial charge on any atom is 0.287 e. The molecular weight excluding hydrogens is 366 g/mol. The molecule has 28 heavy (non-hydrogen) atoms. The summed E-state index contributed by atoms with van der Waals surface area (Å²) in [6.07, 6.45) is 4.54. The van der Waals surface area contributed by atoms with E-state index in [9.17, 15) is 18.4 Å². The van der Waals surface area contributed by atoms with Crippen molar-refractivity contribution in [2.24, 2.45) is 0 Å². The number of unbranched alkanes of at least 4 members (excludes halogenated alkanes) is 2. The second kappa shape index (κ2) is 8.60. The molecule has 2 heterocycles. The molecule has 0 aliphatic carbocycles. The summed E-state index contributed by atoms with van der Waals surface area (Å²) < 4.78 is 28.0. The van der Waals surface area contributed by atoms with E-state index >= 15 is 0 Å². The highest BCUT2D eigenvalue weighted by atomic mass is 19.2. The number of hydrogen-bond acceptors (Lipinski definition) is 3. The lowest BCUT2D eigenvalue weighted by atomic mass is 10.2. The Balaban J connectivity index is 1.85. The van der Waals surface area contributed by atoms with Crippen LogP contribution in [0.2, 0.25) is 0 Å². The molecule has 0 unspecified atom stereocenters. The van der Waals surface area contributed by atoms with Crippen LogP contribution < -0.4 is 10.6 Å². The van der Waals surface area contributed by atoms with Gasteiger partial charge in [0.1, 0.15) is 0 Å². The number of amides is 2. The summed E-state index contributed by atoms with van der Waals surface area (Å²) in [4.78, 5) is 29.3. The summed E-state index contributed by atoms with van der Waals surface area (Å²) in [5.41, 5.74) is 0.539. The lowest BCUT2D eigenvalue weighted by Crippen LogP contribution is -2.26. The number of nitrogens with zero attached hydrogens (tertiary/aromatic N) is 2. The summed E-state index contributed by atoms with van der Waals surface area (Å²) >= 11 is 0. The van der Waals surface area contributed by atoms with Gasteiger partial charge in [0, 0.05) is 24.5 Å². The normalized spacial score (nSPS) is 10.8. The molecule has 0 atom stereocenters. The average molecular weight is 386 g/mol. The van der Waals surface area contributed by atoms with Crippen LogP contribution in [0, 0.1) is 11.6 Å². The quantitative estimate of drug-likeness (QED) is 0.607. The molecule has 2 aromatic heterocycles. The SMILES string of the molecule is CCCCCNC(=O)c1nc(C(=O)Nc2ccc(F)c(F)c2)c2ccccn12. The van der Waals surface area contributed by atoms with Gasteiger partial charge in [-0.3, -0.25) is 14.0 Å². The van der Waals surface area contributed by atoms with Gasteiger partial charge in [-0.1, -0.05) is 25.8 Å². The van der Waals surface area contributed by atoms with Crippen molar-refractivity contribution in [2.45, 2.75) is 26.2 Å². The highest BCUT2D eigenvalue weighted by Gasteiger charge is 2.21. The monoisotopic (exact) mass is 386 g/mol. The number of anilines is 1. The van der Waals surface area contributed by atoms with Crippen LogP contribution in [0.4, 0.5) is 14.5 Å². The van der Waals surface area contributed by atoms with Crippen molar-refractivity contribution < 1.29 is 18.4 Å². The van der Waals surface area contributed by atoms with Gasteiger partial charge >= 0.3 is 0 Å². The van der Waals surface area contributed by atoms with Crippen molar-refractivity contribution in [3.63, 3.8) is 0 Å². The van der Waals surface area contributed by atoms with Crippen LogP contribution in [0.3, 0.4) is 0 Å². The maximum absolute atomic E-state index is 13.4. The van der Waals surface area contributed by atoms with E-state index in [0.717, 1.165) is 31.4 Å². The number of fused-ring (bicyclic) bond motifs is 1. The Morgan fingerprint density at radius 3 is 2.64 bits per heavy atom. The van der Waals surface area contributed by atoms with Gasteiger partial charge < -0.3 is 10.6 Å². The predicted octanol–water partition coefficient (Wildman–Crippen LogP) is 3.78. The Bertz CT molecular complexity index is 1020. The van der Waals surface area contributed by atoms with Crippen molar-refractivity contribution in [3.05, 3.63) is 65.7 Å². The van der Waals surface area contributed by atoms with Crippen LogP contribution in [-0.2, 0) is 0 Å². The molecule has 2 N–H and O–H groups in total. The van der Waals surface area contributed by atoms with Crippen LogP contribution in [0.15, 0.2) is 42.6 Å². The summed E-state index contributed by atoms with van der Waals surface area (Å²) in [6, 6.07) is 8.14. The molecular formula is C20H20F2N4O2. The minimum Gasteiger partial charge on any atom is -0.349 e. The first kappa shape index (κ1) is 19.5. The summed E-state index contributed by atoms with van der Waals surface area (Å²) in [7, 11) is 0. The van der Waals surface area contributed by atoms with Crippen LogP contribution >= 0.6 is 0 Å². The molecule has 8 heteroatoms. The van der Waals surface area contributed by atoms with E-state index in [4.69, 9.17) is 0 Å². The predicted molar refractivity (Wildman–Crippen MR) is 101 cm³/mol. The third kappa shape index (κ3) is 4.16. The molecule has 6 nitrogen and oxygen atoms in total. The van der Waals surface area contributed by atoms with Gasteiger partial charge in [0.2, 0.25) is 5.82 Å². The van der Waals surface area contributed by atoms with Crippen LogP contribution in [0.1, 0.15) is 47.3 Å². The van der Waals surface area contributed by atoms with E-state index in [1.165, 1.54) is 10.5 Å². The van der Waals surface area contributed by atoms with Gasteiger partial charge in [-0.05, 0) is 30.7 Å². The molecule has 146 valence electrons. The van der Waals surface area contributed by atoms with Gasteiger partial charge in [-0.25, -0.2) is 13.8 Å². The third-order valence-corrected chi connectivity index (χ3v) is 4.21. The summed E-state index contributed by atoms with van der Waals surface area (Å²) in [5.74, 6) is -3.00. The Hall–Kier alpha value is -3.29. The fourth-order valence-electron chi connectivity index (χ4n) is 2.79. The number of nitrogens with one attached hydrogen (secondary N) is 2. The second-order valence-electron chi connectivity index (χ2n) is 6.29. The highest BCUT2D eigenvalue weighted by molar-refractivity contribution is 6.08. The number of benzene rings is 1. The zero-order valence-corrected chi connectivity index (χ0v) is 15.3. The van der Waals surface area contributed by atoms with Gasteiger partial charge in [0.15, 0.2) is 17.3 Å². The van der Waals surface area contributed by atoms with E-state index in [1.807, 2.05) is 0 Å². The summed E-state index contributed by atoms with van der Waals surface area (Å²) in [5, 5.41) is 5.27. The van der Waals surface area contributed by atoms with E-state index in [-0.39, 0.29) is 23.1 Å². The zero-order valence-electron chi connectivity index (χ0n) is 15.3. The molecule has 1 aromatic carbocycles. The Morgan fingerprint density at radius 1 is 1.07 bits per heavy atom. The fraction of sp³-hybridized carbons (Fsp3) is 0.250. The van der Waals surface area contributed by atoms with Gasteiger partial charge in [0.25, 0.3) is 11.8 Å². The second-order valence-corrected chi connectivity index (χ2v) is 6.29. The molecule has 0 radical (unpaired) electrons. The average Bonchev–Trinajstić information content (AvgIpc) is 3.08. The minimum absolute atomic E-state index is 0.0176.